The molecule has 0 fully saturated rings. The highest BCUT2D eigenvalue weighted by Crippen LogP contribution is 2.37. The summed E-state index contributed by atoms with van der Waals surface area (Å²) in [6.45, 7) is 18.6. The average molecular weight is 368 g/mol. The zero-order chi connectivity index (χ0) is 20.2. The third kappa shape index (κ3) is 6.10. The quantitative estimate of drug-likeness (QED) is 0.606. The Kier molecular flexibility index (Phi) is 7.11. The van der Waals surface area contributed by atoms with E-state index in [1.807, 2.05) is 18.2 Å². The molecule has 1 N–H and O–H groups in total. The van der Waals surface area contributed by atoms with Crippen LogP contribution in [0.15, 0.2) is 42.5 Å². The lowest BCUT2D eigenvalue weighted by atomic mass is 9.83. The van der Waals surface area contributed by atoms with Gasteiger partial charge in [0.1, 0.15) is 5.75 Å². The molecule has 0 heterocycles. The van der Waals surface area contributed by atoms with Crippen molar-refractivity contribution in [1.29, 1.82) is 0 Å². The number of hydrogen-bond donors (Lipinski definition) is 1. The summed E-state index contributed by atoms with van der Waals surface area (Å²) < 4.78 is 0. The summed E-state index contributed by atoms with van der Waals surface area (Å²) in [7, 11) is 0. The number of phenolic OH excluding ortho intramolecular Hbond substituents is 1. The molecule has 0 spiro atoms. The molecule has 27 heavy (non-hydrogen) atoms. The van der Waals surface area contributed by atoms with Crippen LogP contribution in [0, 0.1) is 11.8 Å². The zero-order valence-electron chi connectivity index (χ0n) is 18.2. The van der Waals surface area contributed by atoms with Gasteiger partial charge in [-0.25, -0.2) is 0 Å². The predicted octanol–water partition coefficient (Wildman–Crippen LogP) is 6.47. The number of rotatable bonds is 7. The first-order valence-electron chi connectivity index (χ1n) is 10.2. The van der Waals surface area contributed by atoms with Crippen molar-refractivity contribution in [3.63, 3.8) is 0 Å². The van der Waals surface area contributed by atoms with Crippen molar-refractivity contribution in [2.45, 2.75) is 60.4 Å². The fourth-order valence-corrected chi connectivity index (χ4v) is 3.56. The molecule has 0 aromatic heterocycles. The number of hydrogen-bond acceptors (Lipinski definition) is 2. The van der Waals surface area contributed by atoms with Gasteiger partial charge in [0, 0.05) is 30.8 Å². The van der Waals surface area contributed by atoms with Crippen LogP contribution in [0.4, 0.5) is 0 Å². The molecule has 0 saturated heterocycles. The van der Waals surface area contributed by atoms with E-state index in [1.165, 1.54) is 5.56 Å². The topological polar surface area (TPSA) is 23.5 Å². The van der Waals surface area contributed by atoms with Gasteiger partial charge in [-0.2, -0.15) is 0 Å². The Labute approximate surface area is 166 Å². The molecule has 0 aliphatic rings. The lowest BCUT2D eigenvalue weighted by molar-refractivity contribution is 0.209. The normalized spacial score (nSPS) is 12.4. The highest BCUT2D eigenvalue weighted by atomic mass is 16.3. The molecule has 0 bridgehead atoms. The molecular formula is C25H37NO. The number of aromatic hydroxyl groups is 1. The SMILES string of the molecule is CC(C)CN(Cc1cc(C(C)(C)C)cc(-c2ccccc2)c1O)CC(C)C. The molecule has 2 rings (SSSR count). The third-order valence-electron chi connectivity index (χ3n) is 4.78. The van der Waals surface area contributed by atoms with Gasteiger partial charge in [0.05, 0.1) is 0 Å². The van der Waals surface area contributed by atoms with Crippen LogP contribution < -0.4 is 0 Å². The summed E-state index contributed by atoms with van der Waals surface area (Å²) in [5.41, 5.74) is 4.34. The molecule has 2 heteroatoms. The van der Waals surface area contributed by atoms with E-state index in [1.54, 1.807) is 0 Å². The summed E-state index contributed by atoms with van der Waals surface area (Å²) in [4.78, 5) is 2.48. The van der Waals surface area contributed by atoms with Crippen molar-refractivity contribution in [2.75, 3.05) is 13.1 Å². The van der Waals surface area contributed by atoms with Crippen molar-refractivity contribution in [1.82, 2.24) is 4.90 Å². The maximum Gasteiger partial charge on any atom is 0.127 e. The van der Waals surface area contributed by atoms with Crippen molar-refractivity contribution in [3.05, 3.63) is 53.6 Å². The van der Waals surface area contributed by atoms with E-state index in [4.69, 9.17) is 0 Å². The fraction of sp³-hybridized carbons (Fsp3) is 0.520. The van der Waals surface area contributed by atoms with E-state index < -0.39 is 0 Å². The molecule has 2 nitrogen and oxygen atoms in total. The van der Waals surface area contributed by atoms with E-state index >= 15 is 0 Å². The van der Waals surface area contributed by atoms with Crippen LogP contribution >= 0.6 is 0 Å². The van der Waals surface area contributed by atoms with E-state index in [2.05, 4.69) is 77.6 Å². The van der Waals surface area contributed by atoms with Gasteiger partial charge in [0.2, 0.25) is 0 Å². The summed E-state index contributed by atoms with van der Waals surface area (Å²) in [5, 5.41) is 11.1. The van der Waals surface area contributed by atoms with E-state index in [9.17, 15) is 5.11 Å². The molecule has 0 saturated carbocycles. The Morgan fingerprint density at radius 2 is 1.44 bits per heavy atom. The van der Waals surface area contributed by atoms with Crippen LogP contribution in [0.3, 0.4) is 0 Å². The first-order valence-corrected chi connectivity index (χ1v) is 10.2. The van der Waals surface area contributed by atoms with Crippen LogP contribution in [-0.2, 0) is 12.0 Å². The first kappa shape index (κ1) is 21.5. The molecule has 0 amide bonds. The molecule has 2 aromatic rings. The molecule has 2 aromatic carbocycles. The Balaban J connectivity index is 2.50. The minimum atomic E-state index is 0.0346. The van der Waals surface area contributed by atoms with Gasteiger partial charge >= 0.3 is 0 Å². The summed E-state index contributed by atoms with van der Waals surface area (Å²) in [6.07, 6.45) is 0. The van der Waals surface area contributed by atoms with Gasteiger partial charge in [0.15, 0.2) is 0 Å². The van der Waals surface area contributed by atoms with Gasteiger partial charge < -0.3 is 5.11 Å². The summed E-state index contributed by atoms with van der Waals surface area (Å²) in [5.74, 6) is 1.63. The van der Waals surface area contributed by atoms with Crippen LogP contribution in [0.1, 0.15) is 59.6 Å². The van der Waals surface area contributed by atoms with Crippen molar-refractivity contribution in [3.8, 4) is 16.9 Å². The van der Waals surface area contributed by atoms with Gasteiger partial charge in [-0.1, -0.05) is 84.9 Å². The van der Waals surface area contributed by atoms with Crippen LogP contribution in [0.5, 0.6) is 5.75 Å². The van der Waals surface area contributed by atoms with Crippen LogP contribution in [0.2, 0.25) is 0 Å². The Hall–Kier alpha value is -1.80. The third-order valence-corrected chi connectivity index (χ3v) is 4.78. The maximum absolute atomic E-state index is 11.1. The highest BCUT2D eigenvalue weighted by molar-refractivity contribution is 5.73. The predicted molar refractivity (Wildman–Crippen MR) is 117 cm³/mol. The number of phenols is 1. The molecular weight excluding hydrogens is 330 g/mol. The van der Waals surface area contributed by atoms with Crippen molar-refractivity contribution < 1.29 is 5.11 Å². The maximum atomic E-state index is 11.1. The lowest BCUT2D eigenvalue weighted by Crippen LogP contribution is -2.31. The van der Waals surface area contributed by atoms with Crippen molar-refractivity contribution >= 4 is 0 Å². The van der Waals surface area contributed by atoms with E-state index in [-0.39, 0.29) is 5.41 Å². The second-order valence-corrected chi connectivity index (χ2v) is 9.63. The van der Waals surface area contributed by atoms with E-state index in [0.29, 0.717) is 17.6 Å². The minimum absolute atomic E-state index is 0.0346. The molecule has 0 aliphatic carbocycles. The Morgan fingerprint density at radius 3 is 1.93 bits per heavy atom. The minimum Gasteiger partial charge on any atom is -0.507 e. The molecule has 0 unspecified atom stereocenters. The second-order valence-electron chi connectivity index (χ2n) is 9.63. The van der Waals surface area contributed by atoms with Gasteiger partial charge in [-0.3, -0.25) is 4.90 Å². The Bertz CT molecular complexity index is 716. The molecule has 148 valence electrons. The Morgan fingerprint density at radius 1 is 0.889 bits per heavy atom. The van der Waals surface area contributed by atoms with Gasteiger partial charge in [-0.05, 0) is 34.4 Å². The average Bonchev–Trinajstić information content (AvgIpc) is 2.55. The van der Waals surface area contributed by atoms with E-state index in [0.717, 1.165) is 36.3 Å². The molecule has 0 aliphatic heterocycles. The zero-order valence-corrected chi connectivity index (χ0v) is 18.2. The monoisotopic (exact) mass is 367 g/mol. The molecule has 0 radical (unpaired) electrons. The number of benzene rings is 2. The first-order chi connectivity index (χ1) is 12.6. The van der Waals surface area contributed by atoms with Gasteiger partial charge in [0.25, 0.3) is 0 Å². The summed E-state index contributed by atoms with van der Waals surface area (Å²) >= 11 is 0. The second kappa shape index (κ2) is 8.93. The molecule has 0 atom stereocenters. The fourth-order valence-electron chi connectivity index (χ4n) is 3.56. The van der Waals surface area contributed by atoms with Crippen LogP contribution in [-0.4, -0.2) is 23.1 Å². The number of nitrogens with zero attached hydrogens (tertiary/aromatic N) is 1. The van der Waals surface area contributed by atoms with Crippen molar-refractivity contribution in [2.24, 2.45) is 11.8 Å². The largest absolute Gasteiger partial charge is 0.507 e. The van der Waals surface area contributed by atoms with Crippen LogP contribution in [0.25, 0.3) is 11.1 Å². The highest BCUT2D eigenvalue weighted by Gasteiger charge is 2.21. The summed E-state index contributed by atoms with van der Waals surface area (Å²) in [6, 6.07) is 14.6. The van der Waals surface area contributed by atoms with Gasteiger partial charge in [-0.15, -0.1) is 0 Å². The smallest absolute Gasteiger partial charge is 0.127 e. The lowest BCUT2D eigenvalue weighted by Gasteiger charge is -2.28. The standard InChI is InChI=1S/C25H37NO/c1-18(2)15-26(16-19(3)4)17-21-13-22(25(5,6)7)14-23(24(21)27)20-11-9-8-10-12-20/h8-14,18-19,27H,15-17H2,1-7H3.